The third-order valence-electron chi connectivity index (χ3n) is 5.79. The third kappa shape index (κ3) is 3.31. The molecule has 116 valence electrons. The molecular weight excluding hydrogens is 261 g/mol. The number of rotatable bonds is 3. The number of aryl methyl sites for hydroxylation is 1. The van der Waals surface area contributed by atoms with E-state index in [0.29, 0.717) is 12.0 Å². The second-order valence-electron chi connectivity index (χ2n) is 7.21. The molecule has 2 fully saturated rings. The molecule has 2 aliphatic carbocycles. The first kappa shape index (κ1) is 15.0. The lowest BCUT2D eigenvalue weighted by atomic mass is 9.65. The van der Waals surface area contributed by atoms with E-state index >= 15 is 0 Å². The maximum absolute atomic E-state index is 13.7. The molecule has 0 bridgehead atoms. The van der Waals surface area contributed by atoms with E-state index in [9.17, 15) is 4.39 Å². The van der Waals surface area contributed by atoms with Crippen LogP contribution in [0.2, 0.25) is 0 Å². The quantitative estimate of drug-likeness (QED) is 0.825. The molecular formula is C19H28FN. The first-order valence-corrected chi connectivity index (χ1v) is 8.61. The van der Waals surface area contributed by atoms with Crippen LogP contribution in [-0.2, 0) is 0 Å². The second-order valence-corrected chi connectivity index (χ2v) is 7.21. The summed E-state index contributed by atoms with van der Waals surface area (Å²) in [4.78, 5) is 0. The van der Waals surface area contributed by atoms with Crippen molar-refractivity contribution in [2.45, 2.75) is 57.9 Å². The Bertz CT molecular complexity index is 464. The number of nitrogens with one attached hydrogen (secondary N) is 1. The highest BCUT2D eigenvalue weighted by Crippen LogP contribution is 2.46. The van der Waals surface area contributed by atoms with Crippen LogP contribution in [0.5, 0.6) is 0 Å². The van der Waals surface area contributed by atoms with E-state index in [0.717, 1.165) is 23.0 Å². The van der Waals surface area contributed by atoms with Gasteiger partial charge in [0, 0.05) is 6.04 Å². The Kier molecular flexibility index (Phi) is 4.63. The molecule has 2 saturated carbocycles. The van der Waals surface area contributed by atoms with Gasteiger partial charge in [0.15, 0.2) is 0 Å². The molecule has 0 saturated heterocycles. The van der Waals surface area contributed by atoms with Gasteiger partial charge in [0.2, 0.25) is 0 Å². The molecule has 1 aromatic carbocycles. The van der Waals surface area contributed by atoms with Crippen LogP contribution in [-0.4, -0.2) is 7.05 Å². The zero-order valence-corrected chi connectivity index (χ0v) is 13.4. The fraction of sp³-hybridized carbons (Fsp3) is 0.684. The molecule has 3 rings (SSSR count). The molecule has 4 atom stereocenters. The van der Waals surface area contributed by atoms with Crippen molar-refractivity contribution in [1.29, 1.82) is 0 Å². The second kappa shape index (κ2) is 6.48. The highest BCUT2D eigenvalue weighted by atomic mass is 19.1. The van der Waals surface area contributed by atoms with Crippen LogP contribution < -0.4 is 5.32 Å². The van der Waals surface area contributed by atoms with Gasteiger partial charge < -0.3 is 5.32 Å². The Morgan fingerprint density at radius 1 is 1.05 bits per heavy atom. The predicted octanol–water partition coefficient (Wildman–Crippen LogP) is 5.00. The van der Waals surface area contributed by atoms with Crippen molar-refractivity contribution in [3.05, 3.63) is 35.1 Å². The predicted molar refractivity (Wildman–Crippen MR) is 85.7 cm³/mol. The smallest absolute Gasteiger partial charge is 0.123 e. The normalized spacial score (nSPS) is 30.7. The first-order chi connectivity index (χ1) is 10.2. The Labute approximate surface area is 128 Å². The average molecular weight is 289 g/mol. The molecule has 0 radical (unpaired) electrons. The van der Waals surface area contributed by atoms with Gasteiger partial charge in [-0.05, 0) is 74.2 Å². The molecule has 0 aromatic heterocycles. The molecule has 0 amide bonds. The maximum atomic E-state index is 13.7. The van der Waals surface area contributed by atoms with Gasteiger partial charge in [-0.2, -0.15) is 0 Å². The van der Waals surface area contributed by atoms with Crippen molar-refractivity contribution >= 4 is 0 Å². The van der Waals surface area contributed by atoms with E-state index in [1.54, 1.807) is 12.1 Å². The van der Waals surface area contributed by atoms with Crippen LogP contribution in [0.4, 0.5) is 4.39 Å². The molecule has 4 unspecified atom stereocenters. The minimum Gasteiger partial charge on any atom is -0.313 e. The van der Waals surface area contributed by atoms with Crippen molar-refractivity contribution in [2.75, 3.05) is 7.05 Å². The highest BCUT2D eigenvalue weighted by Gasteiger charge is 2.35. The minimum atomic E-state index is -0.100. The summed E-state index contributed by atoms with van der Waals surface area (Å²) in [5, 5.41) is 3.47. The van der Waals surface area contributed by atoms with E-state index in [1.807, 2.05) is 14.0 Å². The zero-order valence-electron chi connectivity index (χ0n) is 13.4. The van der Waals surface area contributed by atoms with Crippen LogP contribution in [0.1, 0.15) is 62.1 Å². The number of hydrogen-bond donors (Lipinski definition) is 1. The summed E-state index contributed by atoms with van der Waals surface area (Å²) in [6.07, 6.45) is 9.71. The highest BCUT2D eigenvalue weighted by molar-refractivity contribution is 5.27. The average Bonchev–Trinajstić information content (AvgIpc) is 2.47. The summed E-state index contributed by atoms with van der Waals surface area (Å²) in [6.45, 7) is 1.98. The van der Waals surface area contributed by atoms with Crippen LogP contribution in [0.3, 0.4) is 0 Å². The van der Waals surface area contributed by atoms with Crippen LogP contribution >= 0.6 is 0 Å². The van der Waals surface area contributed by atoms with Gasteiger partial charge in [0.05, 0.1) is 0 Å². The van der Waals surface area contributed by atoms with E-state index in [1.165, 1.54) is 44.9 Å². The molecule has 0 heterocycles. The molecule has 1 aromatic rings. The largest absolute Gasteiger partial charge is 0.313 e. The van der Waals surface area contributed by atoms with Gasteiger partial charge in [-0.3, -0.25) is 0 Å². The van der Waals surface area contributed by atoms with Crippen LogP contribution in [0, 0.1) is 30.5 Å². The lowest BCUT2D eigenvalue weighted by Crippen LogP contribution is -2.34. The van der Waals surface area contributed by atoms with Gasteiger partial charge in [0.25, 0.3) is 0 Å². The molecule has 21 heavy (non-hydrogen) atoms. The fourth-order valence-corrected chi connectivity index (χ4v) is 4.83. The first-order valence-electron chi connectivity index (χ1n) is 8.61. The minimum absolute atomic E-state index is 0.100. The summed E-state index contributed by atoms with van der Waals surface area (Å²) in [5.41, 5.74) is 2.16. The van der Waals surface area contributed by atoms with Crippen molar-refractivity contribution in [2.24, 2.45) is 17.8 Å². The van der Waals surface area contributed by atoms with Crippen molar-refractivity contribution in [3.63, 3.8) is 0 Å². The number of hydrogen-bond acceptors (Lipinski definition) is 1. The monoisotopic (exact) mass is 289 g/mol. The van der Waals surface area contributed by atoms with Crippen molar-refractivity contribution in [1.82, 2.24) is 5.32 Å². The number of fused-ring (bicyclic) bond motifs is 1. The molecule has 2 aliphatic rings. The Morgan fingerprint density at radius 2 is 1.81 bits per heavy atom. The van der Waals surface area contributed by atoms with Crippen LogP contribution in [0.25, 0.3) is 0 Å². The number of halogens is 1. The summed E-state index contributed by atoms with van der Waals surface area (Å²) in [5.74, 6) is 2.46. The summed E-state index contributed by atoms with van der Waals surface area (Å²) >= 11 is 0. The molecule has 0 aliphatic heterocycles. The van der Waals surface area contributed by atoms with Crippen molar-refractivity contribution in [3.8, 4) is 0 Å². The molecule has 2 heteroatoms. The van der Waals surface area contributed by atoms with E-state index in [-0.39, 0.29) is 5.82 Å². The third-order valence-corrected chi connectivity index (χ3v) is 5.79. The maximum Gasteiger partial charge on any atom is 0.123 e. The summed E-state index contributed by atoms with van der Waals surface area (Å²) in [7, 11) is 2.03. The Morgan fingerprint density at radius 3 is 2.52 bits per heavy atom. The zero-order chi connectivity index (χ0) is 14.8. The summed E-state index contributed by atoms with van der Waals surface area (Å²) < 4.78 is 13.7. The SMILES string of the molecule is CNC(c1cc(C)cc(F)c1)C1CCC2CCCCC2C1. The van der Waals surface area contributed by atoms with E-state index < -0.39 is 0 Å². The summed E-state index contributed by atoms with van der Waals surface area (Å²) in [6, 6.07) is 5.80. The van der Waals surface area contributed by atoms with Gasteiger partial charge in [-0.25, -0.2) is 4.39 Å². The standard InChI is InChI=1S/C19H28FN/c1-13-9-17(12-18(20)10-13)19(21-2)16-8-7-14-5-3-4-6-15(14)11-16/h9-10,12,14-16,19,21H,3-8,11H2,1-2H3. The lowest BCUT2D eigenvalue weighted by molar-refractivity contribution is 0.111. The molecule has 0 spiro atoms. The van der Waals surface area contributed by atoms with E-state index in [4.69, 9.17) is 0 Å². The van der Waals surface area contributed by atoms with Gasteiger partial charge in [-0.15, -0.1) is 0 Å². The fourth-order valence-electron chi connectivity index (χ4n) is 4.83. The van der Waals surface area contributed by atoms with Gasteiger partial charge >= 0.3 is 0 Å². The molecule has 1 nitrogen and oxygen atoms in total. The van der Waals surface area contributed by atoms with Crippen molar-refractivity contribution < 1.29 is 4.39 Å². The topological polar surface area (TPSA) is 12.0 Å². The lowest BCUT2D eigenvalue weighted by Gasteiger charge is -2.42. The number of benzene rings is 1. The Balaban J connectivity index is 1.76. The molecule has 1 N–H and O–H groups in total. The van der Waals surface area contributed by atoms with Crippen LogP contribution in [0.15, 0.2) is 18.2 Å². The van der Waals surface area contributed by atoms with Gasteiger partial charge in [-0.1, -0.05) is 31.7 Å². The van der Waals surface area contributed by atoms with E-state index in [2.05, 4.69) is 11.4 Å². The van der Waals surface area contributed by atoms with Gasteiger partial charge in [0.1, 0.15) is 5.82 Å². The Hall–Kier alpha value is -0.890.